The highest BCUT2D eigenvalue weighted by atomic mass is 32.2. The summed E-state index contributed by atoms with van der Waals surface area (Å²) >= 11 is 1.41. The predicted octanol–water partition coefficient (Wildman–Crippen LogP) is 5.69. The molecule has 9 heteroatoms. The summed E-state index contributed by atoms with van der Waals surface area (Å²) in [7, 11) is 0. The van der Waals surface area contributed by atoms with Gasteiger partial charge in [-0.15, -0.1) is 11.8 Å². The molecule has 0 radical (unpaired) electrons. The van der Waals surface area contributed by atoms with Crippen LogP contribution in [0.25, 0.3) is 22.2 Å². The third-order valence-corrected chi connectivity index (χ3v) is 8.04. The zero-order valence-corrected chi connectivity index (χ0v) is 21.6. The molecule has 4 heterocycles. The summed E-state index contributed by atoms with van der Waals surface area (Å²) < 4.78 is 27.4. The minimum absolute atomic E-state index is 0.166. The number of aryl methyl sites for hydroxylation is 3. The maximum atomic E-state index is 15.9. The molecule has 1 aromatic carbocycles. The highest BCUT2D eigenvalue weighted by Gasteiger charge is 2.47. The molecule has 1 saturated carbocycles. The number of aromatic amines is 1. The Hall–Kier alpha value is -2.75. The number of aliphatic hydroxyl groups is 1. The molecule has 1 aliphatic heterocycles. The summed E-state index contributed by atoms with van der Waals surface area (Å²) in [4.78, 5) is 12.8. The summed E-state index contributed by atoms with van der Waals surface area (Å²) in [6, 6.07) is 5.57. The van der Waals surface area contributed by atoms with Gasteiger partial charge in [-0.1, -0.05) is 5.16 Å². The number of halogens is 1. The quantitative estimate of drug-likeness (QED) is 0.323. The number of thioether (sulfide) groups is 1. The van der Waals surface area contributed by atoms with Crippen LogP contribution >= 0.6 is 11.8 Å². The molecule has 1 aliphatic carbocycles. The molecule has 1 saturated heterocycles. The Morgan fingerprint density at radius 3 is 2.53 bits per heavy atom. The SMILES string of the molecule is CSc1cc(C(O)(c2cc(-c3c(C)noc3C)cc3[nH]c(C4CC4)nc23)C2CCCO2)c(F)c(C)n1. The summed E-state index contributed by atoms with van der Waals surface area (Å²) in [5, 5.41) is 17.5. The summed E-state index contributed by atoms with van der Waals surface area (Å²) in [6.45, 7) is 5.89. The minimum atomic E-state index is -1.78. The number of hydrogen-bond acceptors (Lipinski definition) is 7. The van der Waals surface area contributed by atoms with E-state index in [2.05, 4.69) is 15.1 Å². The second-order valence-electron chi connectivity index (χ2n) is 9.90. The van der Waals surface area contributed by atoms with Crippen LogP contribution in [-0.2, 0) is 10.3 Å². The van der Waals surface area contributed by atoms with Gasteiger partial charge in [-0.3, -0.25) is 0 Å². The van der Waals surface area contributed by atoms with Crippen LogP contribution in [0, 0.1) is 26.6 Å². The van der Waals surface area contributed by atoms with Crippen molar-refractivity contribution in [1.29, 1.82) is 0 Å². The number of rotatable bonds is 6. The topological polar surface area (TPSA) is 97.1 Å². The fourth-order valence-electron chi connectivity index (χ4n) is 5.43. The Balaban J connectivity index is 1.68. The van der Waals surface area contributed by atoms with E-state index in [-0.39, 0.29) is 11.3 Å². The van der Waals surface area contributed by atoms with E-state index in [1.54, 1.807) is 13.0 Å². The molecule has 0 amide bonds. The largest absolute Gasteiger partial charge is 0.377 e. The minimum Gasteiger partial charge on any atom is -0.377 e. The summed E-state index contributed by atoms with van der Waals surface area (Å²) in [5.41, 5.74) is 2.99. The van der Waals surface area contributed by atoms with Crippen molar-refractivity contribution in [2.24, 2.45) is 0 Å². The number of nitrogens with zero attached hydrogens (tertiary/aromatic N) is 3. The van der Waals surface area contributed by atoms with Gasteiger partial charge in [-0.25, -0.2) is 14.4 Å². The first-order valence-corrected chi connectivity index (χ1v) is 13.6. The molecule has 6 rings (SSSR count). The molecule has 0 spiro atoms. The van der Waals surface area contributed by atoms with E-state index in [0.29, 0.717) is 40.8 Å². The average Bonchev–Trinajstić information content (AvgIpc) is 3.24. The fourth-order valence-corrected chi connectivity index (χ4v) is 5.89. The van der Waals surface area contributed by atoms with Crippen molar-refractivity contribution in [3.8, 4) is 11.1 Å². The first kappa shape index (κ1) is 23.6. The van der Waals surface area contributed by atoms with E-state index in [9.17, 15) is 5.11 Å². The number of nitrogens with one attached hydrogen (secondary N) is 1. The van der Waals surface area contributed by atoms with Gasteiger partial charge in [0.1, 0.15) is 17.2 Å². The first-order valence-electron chi connectivity index (χ1n) is 12.3. The number of aromatic nitrogens is 4. The Morgan fingerprint density at radius 1 is 1.08 bits per heavy atom. The monoisotopic (exact) mass is 508 g/mol. The van der Waals surface area contributed by atoms with Gasteiger partial charge in [0.2, 0.25) is 0 Å². The van der Waals surface area contributed by atoms with E-state index >= 15 is 4.39 Å². The Kier molecular flexibility index (Phi) is 5.70. The van der Waals surface area contributed by atoms with Gasteiger partial charge < -0.3 is 19.4 Å². The van der Waals surface area contributed by atoms with Gasteiger partial charge in [-0.2, -0.15) is 0 Å². The Bertz CT molecular complexity index is 1450. The van der Waals surface area contributed by atoms with Crippen LogP contribution in [0.4, 0.5) is 4.39 Å². The zero-order valence-electron chi connectivity index (χ0n) is 20.8. The predicted molar refractivity (Wildman–Crippen MR) is 136 cm³/mol. The van der Waals surface area contributed by atoms with Crippen molar-refractivity contribution in [3.05, 3.63) is 58.1 Å². The van der Waals surface area contributed by atoms with E-state index in [0.717, 1.165) is 47.4 Å². The van der Waals surface area contributed by atoms with E-state index < -0.39 is 17.5 Å². The smallest absolute Gasteiger partial charge is 0.151 e. The Labute approximate surface area is 212 Å². The lowest BCUT2D eigenvalue weighted by Gasteiger charge is -2.35. The molecule has 2 aliphatic rings. The van der Waals surface area contributed by atoms with Gasteiger partial charge >= 0.3 is 0 Å². The van der Waals surface area contributed by atoms with Crippen LogP contribution in [0.5, 0.6) is 0 Å². The van der Waals surface area contributed by atoms with E-state index in [1.807, 2.05) is 32.2 Å². The van der Waals surface area contributed by atoms with Crippen molar-refractivity contribution < 1.29 is 18.8 Å². The number of benzene rings is 1. The first-order chi connectivity index (χ1) is 17.3. The van der Waals surface area contributed by atoms with Crippen molar-refractivity contribution in [3.63, 3.8) is 0 Å². The highest BCUT2D eigenvalue weighted by molar-refractivity contribution is 7.98. The second kappa shape index (κ2) is 8.68. The number of imidazole rings is 1. The lowest BCUT2D eigenvalue weighted by Crippen LogP contribution is -2.41. The van der Waals surface area contributed by atoms with Crippen molar-refractivity contribution in [2.45, 2.75) is 69.1 Å². The van der Waals surface area contributed by atoms with E-state index in [1.165, 1.54) is 11.8 Å². The number of pyridine rings is 1. The third-order valence-electron chi connectivity index (χ3n) is 7.42. The normalized spacial score (nSPS) is 19.8. The van der Waals surface area contributed by atoms with Gasteiger partial charge in [0.05, 0.1) is 33.6 Å². The molecule has 2 N–H and O–H groups in total. The average molecular weight is 509 g/mol. The molecular formula is C27H29FN4O3S. The lowest BCUT2D eigenvalue weighted by molar-refractivity contribution is -0.0633. The molecular weight excluding hydrogens is 479 g/mol. The number of H-pyrrole nitrogens is 1. The third kappa shape index (κ3) is 3.67. The molecule has 36 heavy (non-hydrogen) atoms. The maximum Gasteiger partial charge on any atom is 0.151 e. The Morgan fingerprint density at radius 2 is 1.89 bits per heavy atom. The molecule has 2 unspecified atom stereocenters. The van der Waals surface area contributed by atoms with Crippen LogP contribution < -0.4 is 0 Å². The molecule has 4 aromatic rings. The van der Waals surface area contributed by atoms with Gasteiger partial charge in [0.25, 0.3) is 0 Å². The molecule has 188 valence electrons. The summed E-state index contributed by atoms with van der Waals surface area (Å²) in [6.07, 6.45) is 4.81. The van der Waals surface area contributed by atoms with Crippen molar-refractivity contribution >= 4 is 22.8 Å². The lowest BCUT2D eigenvalue weighted by atomic mass is 9.78. The maximum absolute atomic E-state index is 15.9. The van der Waals surface area contributed by atoms with Gasteiger partial charge in [-0.05, 0) is 76.5 Å². The van der Waals surface area contributed by atoms with Crippen LogP contribution in [0.3, 0.4) is 0 Å². The number of hydrogen-bond donors (Lipinski definition) is 2. The molecule has 0 bridgehead atoms. The second-order valence-corrected chi connectivity index (χ2v) is 10.7. The van der Waals surface area contributed by atoms with Crippen LogP contribution in [0.15, 0.2) is 27.7 Å². The zero-order chi connectivity index (χ0) is 25.2. The molecule has 7 nitrogen and oxygen atoms in total. The summed E-state index contributed by atoms with van der Waals surface area (Å²) in [5.74, 6) is 1.43. The molecule has 2 fully saturated rings. The van der Waals surface area contributed by atoms with E-state index in [4.69, 9.17) is 14.2 Å². The number of ether oxygens (including phenoxy) is 1. The van der Waals surface area contributed by atoms with Crippen molar-refractivity contribution in [2.75, 3.05) is 12.9 Å². The molecule has 3 aromatic heterocycles. The van der Waals surface area contributed by atoms with Gasteiger partial charge in [0.15, 0.2) is 5.82 Å². The van der Waals surface area contributed by atoms with Crippen LogP contribution in [0.2, 0.25) is 0 Å². The molecule has 2 atom stereocenters. The van der Waals surface area contributed by atoms with Crippen molar-refractivity contribution in [1.82, 2.24) is 20.1 Å². The number of fused-ring (bicyclic) bond motifs is 1. The van der Waals surface area contributed by atoms with Gasteiger partial charge in [0, 0.05) is 29.2 Å². The standard InChI is InChI=1S/C27H29FN4O3S/c1-13-23(15(3)35-32-13)17-10-19(25-20(11-17)30-26(31-25)16-7-8-16)27(33,21-6-5-9-34-21)18-12-22(36-4)29-14(2)24(18)28/h10-12,16,21,33H,5-9H2,1-4H3,(H,30,31). The van der Waals surface area contributed by atoms with Crippen LogP contribution in [0.1, 0.15) is 65.7 Å². The fraction of sp³-hybridized carbons (Fsp3) is 0.444. The highest BCUT2D eigenvalue weighted by Crippen LogP contribution is 2.47. The van der Waals surface area contributed by atoms with Crippen LogP contribution in [-0.4, -0.2) is 44.2 Å².